The Kier molecular flexibility index (Phi) is 7.03. The van der Waals surface area contributed by atoms with Crippen molar-refractivity contribution in [2.24, 2.45) is 0 Å². The van der Waals surface area contributed by atoms with Crippen molar-refractivity contribution in [2.75, 3.05) is 18.6 Å². The normalized spacial score (nSPS) is 16.8. The summed E-state index contributed by atoms with van der Waals surface area (Å²) in [6.07, 6.45) is 1.45. The number of esters is 1. The van der Waals surface area contributed by atoms with Crippen LogP contribution in [0.5, 0.6) is 5.75 Å². The molecule has 1 aliphatic rings. The fourth-order valence-electron chi connectivity index (χ4n) is 4.03. The molecule has 1 fully saturated rings. The van der Waals surface area contributed by atoms with Gasteiger partial charge in [0.15, 0.2) is 5.13 Å². The van der Waals surface area contributed by atoms with Crippen molar-refractivity contribution in [1.29, 1.82) is 0 Å². The first kappa shape index (κ1) is 24.9. The second-order valence-corrected chi connectivity index (χ2v) is 9.04. The predicted octanol–water partition coefficient (Wildman–Crippen LogP) is 4.74. The molecular formula is C27H24N2O6S. The van der Waals surface area contributed by atoms with Gasteiger partial charge in [0.05, 0.1) is 24.4 Å². The molecule has 1 aliphatic heterocycles. The lowest BCUT2D eigenvalue weighted by Gasteiger charge is -2.23. The van der Waals surface area contributed by atoms with Gasteiger partial charge in [0.1, 0.15) is 23.0 Å². The van der Waals surface area contributed by atoms with Crippen LogP contribution >= 0.6 is 11.3 Å². The average molecular weight is 505 g/mol. The Labute approximate surface area is 212 Å². The standard InChI is InChI=1S/C27H24N2O6S/c1-5-13-35-26(33)24-16(3)28-27(36-24)29-21(17-9-7-6-8-10-17)20(23(31)25(29)32)22(30)19-12-11-18(34-4)14-15(19)2/h5-12,14,21,30H,1,13H2,2-4H3/b22-20+/t21-/m0/s1. The number of aromatic nitrogens is 1. The molecule has 0 spiro atoms. The van der Waals surface area contributed by atoms with Crippen molar-refractivity contribution in [3.05, 3.63) is 94.0 Å². The van der Waals surface area contributed by atoms with Crippen molar-refractivity contribution < 1.29 is 29.0 Å². The molecule has 1 amide bonds. The van der Waals surface area contributed by atoms with Crippen molar-refractivity contribution in [1.82, 2.24) is 4.98 Å². The molecule has 8 nitrogen and oxygen atoms in total. The second kappa shape index (κ2) is 10.2. The topological polar surface area (TPSA) is 106 Å². The van der Waals surface area contributed by atoms with Crippen LogP contribution < -0.4 is 9.64 Å². The van der Waals surface area contributed by atoms with Gasteiger partial charge in [-0.1, -0.05) is 54.3 Å². The number of carbonyl (C=O) groups excluding carboxylic acids is 3. The van der Waals surface area contributed by atoms with Crippen molar-refractivity contribution in [2.45, 2.75) is 19.9 Å². The van der Waals surface area contributed by atoms with E-state index in [1.54, 1.807) is 56.3 Å². The largest absolute Gasteiger partial charge is 0.507 e. The number of benzene rings is 2. The van der Waals surface area contributed by atoms with E-state index >= 15 is 0 Å². The predicted molar refractivity (Wildman–Crippen MR) is 136 cm³/mol. The number of amides is 1. The zero-order valence-electron chi connectivity index (χ0n) is 20.0. The van der Waals surface area contributed by atoms with Gasteiger partial charge < -0.3 is 14.6 Å². The molecule has 184 valence electrons. The Bertz CT molecular complexity index is 1390. The lowest BCUT2D eigenvalue weighted by molar-refractivity contribution is -0.132. The summed E-state index contributed by atoms with van der Waals surface area (Å²) < 4.78 is 10.4. The van der Waals surface area contributed by atoms with Crippen LogP contribution in [0.4, 0.5) is 5.13 Å². The molecule has 2 aromatic carbocycles. The maximum atomic E-state index is 13.3. The van der Waals surface area contributed by atoms with Gasteiger partial charge >= 0.3 is 11.9 Å². The molecule has 3 aromatic rings. The first-order valence-electron chi connectivity index (χ1n) is 11.0. The Hall–Kier alpha value is -4.24. The monoisotopic (exact) mass is 504 g/mol. The number of aryl methyl sites for hydroxylation is 2. The molecule has 0 aliphatic carbocycles. The van der Waals surface area contributed by atoms with Crippen LogP contribution in [-0.2, 0) is 14.3 Å². The Morgan fingerprint density at radius 3 is 2.56 bits per heavy atom. The zero-order chi connectivity index (χ0) is 26.0. The van der Waals surface area contributed by atoms with Crippen LogP contribution in [0.2, 0.25) is 0 Å². The molecule has 1 atom stereocenters. The summed E-state index contributed by atoms with van der Waals surface area (Å²) in [5.74, 6) is -2.00. The fourth-order valence-corrected chi connectivity index (χ4v) is 5.02. The summed E-state index contributed by atoms with van der Waals surface area (Å²) in [6.45, 7) is 6.96. The van der Waals surface area contributed by atoms with E-state index in [9.17, 15) is 19.5 Å². The van der Waals surface area contributed by atoms with Crippen molar-refractivity contribution in [3.8, 4) is 5.75 Å². The molecule has 1 saturated heterocycles. The van der Waals surface area contributed by atoms with E-state index in [0.29, 0.717) is 28.1 Å². The average Bonchev–Trinajstić information content (AvgIpc) is 3.39. The maximum Gasteiger partial charge on any atom is 0.350 e. The number of anilines is 1. The highest BCUT2D eigenvalue weighted by atomic mass is 32.1. The van der Waals surface area contributed by atoms with E-state index in [-0.39, 0.29) is 27.9 Å². The minimum absolute atomic E-state index is 0.0290. The Morgan fingerprint density at radius 2 is 1.92 bits per heavy atom. The van der Waals surface area contributed by atoms with Gasteiger partial charge in [0.25, 0.3) is 5.78 Å². The van der Waals surface area contributed by atoms with Crippen molar-refractivity contribution in [3.63, 3.8) is 0 Å². The summed E-state index contributed by atoms with van der Waals surface area (Å²) >= 11 is 0.949. The molecular weight excluding hydrogens is 480 g/mol. The van der Waals surface area contributed by atoms with E-state index < -0.39 is 23.7 Å². The SMILES string of the molecule is C=CCOC(=O)c1sc(N2C(=O)C(=O)/C(=C(/O)c3ccc(OC)cc3C)[C@@H]2c2ccccc2)nc1C. The zero-order valence-corrected chi connectivity index (χ0v) is 20.8. The molecule has 1 N–H and O–H groups in total. The van der Waals surface area contributed by atoms with Crippen LogP contribution in [0.3, 0.4) is 0 Å². The van der Waals surface area contributed by atoms with Crippen LogP contribution in [-0.4, -0.2) is 41.5 Å². The lowest BCUT2D eigenvalue weighted by atomic mass is 9.94. The number of nitrogens with zero attached hydrogens (tertiary/aromatic N) is 2. The first-order chi connectivity index (χ1) is 17.3. The lowest BCUT2D eigenvalue weighted by Crippen LogP contribution is -2.29. The number of Topliss-reactive ketones (excluding diaryl/α,β-unsaturated/α-hetero) is 1. The van der Waals surface area contributed by atoms with E-state index in [1.165, 1.54) is 18.1 Å². The number of hydrogen-bond acceptors (Lipinski definition) is 8. The minimum Gasteiger partial charge on any atom is -0.507 e. The number of carbonyl (C=O) groups is 3. The number of thiazole rings is 1. The third-order valence-corrected chi connectivity index (χ3v) is 6.89. The summed E-state index contributed by atoms with van der Waals surface area (Å²) in [7, 11) is 1.53. The number of aliphatic hydroxyl groups excluding tert-OH is 1. The summed E-state index contributed by atoms with van der Waals surface area (Å²) in [4.78, 5) is 45.0. The third kappa shape index (κ3) is 4.40. The number of rotatable bonds is 7. The summed E-state index contributed by atoms with van der Waals surface area (Å²) in [5, 5.41) is 11.5. The Balaban J connectivity index is 1.88. The van der Waals surface area contributed by atoms with Gasteiger partial charge in [0.2, 0.25) is 0 Å². The van der Waals surface area contributed by atoms with Gasteiger partial charge in [-0.15, -0.1) is 0 Å². The van der Waals surface area contributed by atoms with Crippen LogP contribution in [0.25, 0.3) is 5.76 Å². The highest BCUT2D eigenvalue weighted by molar-refractivity contribution is 7.17. The fraction of sp³-hybridized carbons (Fsp3) is 0.185. The number of methoxy groups -OCH3 is 1. The van der Waals surface area contributed by atoms with Crippen molar-refractivity contribution >= 4 is 39.9 Å². The van der Waals surface area contributed by atoms with E-state index in [2.05, 4.69) is 11.6 Å². The van der Waals surface area contributed by atoms with Gasteiger partial charge in [-0.3, -0.25) is 14.5 Å². The quantitative estimate of drug-likeness (QED) is 0.163. The van der Waals surface area contributed by atoms with Crippen LogP contribution in [0.1, 0.15) is 38.1 Å². The van der Waals surface area contributed by atoms with Crippen LogP contribution in [0.15, 0.2) is 66.8 Å². The second-order valence-electron chi connectivity index (χ2n) is 8.06. The number of ether oxygens (including phenoxy) is 2. The van der Waals surface area contributed by atoms with E-state index in [4.69, 9.17) is 9.47 Å². The summed E-state index contributed by atoms with van der Waals surface area (Å²) in [6, 6.07) is 13.0. The molecule has 9 heteroatoms. The highest BCUT2D eigenvalue weighted by Crippen LogP contribution is 2.44. The minimum atomic E-state index is -0.949. The van der Waals surface area contributed by atoms with Gasteiger partial charge in [-0.05, 0) is 43.2 Å². The molecule has 36 heavy (non-hydrogen) atoms. The maximum absolute atomic E-state index is 13.3. The number of aliphatic hydroxyl groups is 1. The van der Waals surface area contributed by atoms with Gasteiger partial charge in [-0.2, -0.15) is 0 Å². The number of hydrogen-bond donors (Lipinski definition) is 1. The van der Waals surface area contributed by atoms with Gasteiger partial charge in [0, 0.05) is 5.56 Å². The Morgan fingerprint density at radius 1 is 1.19 bits per heavy atom. The van der Waals surface area contributed by atoms with Crippen LogP contribution in [0, 0.1) is 13.8 Å². The van der Waals surface area contributed by atoms with Gasteiger partial charge in [-0.25, -0.2) is 9.78 Å². The summed E-state index contributed by atoms with van der Waals surface area (Å²) in [5.41, 5.74) is 1.97. The number of ketones is 1. The molecule has 0 saturated carbocycles. The third-order valence-electron chi connectivity index (χ3n) is 5.76. The first-order valence-corrected chi connectivity index (χ1v) is 11.9. The van der Waals surface area contributed by atoms with E-state index in [1.807, 2.05) is 6.07 Å². The molecule has 4 rings (SSSR count). The van der Waals surface area contributed by atoms with E-state index in [0.717, 1.165) is 11.3 Å². The molecule has 0 radical (unpaired) electrons. The molecule has 0 bridgehead atoms. The smallest absolute Gasteiger partial charge is 0.350 e. The molecule has 1 aromatic heterocycles. The molecule has 0 unspecified atom stereocenters. The highest BCUT2D eigenvalue weighted by Gasteiger charge is 2.48. The molecule has 2 heterocycles.